The number of methoxy groups -OCH3 is 1. The number of likely N-dealkylation sites (N-methyl/N-ethyl adjacent to an activating group) is 1. The molecule has 0 aliphatic heterocycles. The second-order valence-corrected chi connectivity index (χ2v) is 3.90. The maximum absolute atomic E-state index is 11.6. The Labute approximate surface area is 101 Å². The van der Waals surface area contributed by atoms with Crippen molar-refractivity contribution < 1.29 is 9.53 Å². The number of amides is 1. The molecule has 0 unspecified atom stereocenters. The van der Waals surface area contributed by atoms with Crippen LogP contribution in [0.3, 0.4) is 0 Å². The third-order valence-electron chi connectivity index (χ3n) is 2.41. The van der Waals surface area contributed by atoms with Crippen LogP contribution in [0.1, 0.15) is 10.5 Å². The van der Waals surface area contributed by atoms with Gasteiger partial charge in [-0.1, -0.05) is 0 Å². The van der Waals surface area contributed by atoms with E-state index in [0.29, 0.717) is 24.5 Å². The maximum atomic E-state index is 11.6. The standard InChI is InChI=1S/C11H20N4O2/c1-15(5-6-17-2)4-3-13-11(16)10-7-9(12)8-14-10/h7-8,14H,3-6,12H2,1-2H3,(H,13,16). The van der Waals surface area contributed by atoms with E-state index < -0.39 is 0 Å². The van der Waals surface area contributed by atoms with Crippen LogP contribution in [0.15, 0.2) is 12.3 Å². The van der Waals surface area contributed by atoms with Crippen LogP contribution in [0.4, 0.5) is 5.69 Å². The average molecular weight is 240 g/mol. The van der Waals surface area contributed by atoms with E-state index in [1.165, 1.54) is 0 Å². The molecule has 6 nitrogen and oxygen atoms in total. The van der Waals surface area contributed by atoms with Gasteiger partial charge in [-0.2, -0.15) is 0 Å². The van der Waals surface area contributed by atoms with Crippen molar-refractivity contribution in [2.24, 2.45) is 0 Å². The fourth-order valence-electron chi connectivity index (χ4n) is 1.36. The van der Waals surface area contributed by atoms with Gasteiger partial charge >= 0.3 is 0 Å². The van der Waals surface area contributed by atoms with Crippen LogP contribution < -0.4 is 11.1 Å². The fourth-order valence-corrected chi connectivity index (χ4v) is 1.36. The molecule has 1 aromatic rings. The molecule has 0 bridgehead atoms. The van der Waals surface area contributed by atoms with Crippen LogP contribution >= 0.6 is 0 Å². The maximum Gasteiger partial charge on any atom is 0.267 e. The molecule has 0 fully saturated rings. The molecule has 96 valence electrons. The van der Waals surface area contributed by atoms with E-state index in [-0.39, 0.29) is 5.91 Å². The van der Waals surface area contributed by atoms with Gasteiger partial charge in [-0.15, -0.1) is 0 Å². The number of H-pyrrole nitrogens is 1. The number of ether oxygens (including phenoxy) is 1. The zero-order valence-electron chi connectivity index (χ0n) is 10.3. The van der Waals surface area contributed by atoms with Gasteiger partial charge in [0.2, 0.25) is 0 Å². The predicted octanol–water partition coefficient (Wildman–Crippen LogP) is -0.0951. The lowest BCUT2D eigenvalue weighted by atomic mass is 10.4. The largest absolute Gasteiger partial charge is 0.397 e. The number of carbonyl (C=O) groups is 1. The third kappa shape index (κ3) is 4.88. The molecule has 1 aromatic heterocycles. The average Bonchev–Trinajstić information content (AvgIpc) is 2.73. The monoisotopic (exact) mass is 240 g/mol. The van der Waals surface area contributed by atoms with Crippen molar-refractivity contribution in [3.63, 3.8) is 0 Å². The lowest BCUT2D eigenvalue weighted by molar-refractivity contribution is 0.0943. The van der Waals surface area contributed by atoms with Crippen molar-refractivity contribution in [2.45, 2.75) is 0 Å². The molecule has 0 atom stereocenters. The van der Waals surface area contributed by atoms with E-state index >= 15 is 0 Å². The first-order valence-corrected chi connectivity index (χ1v) is 5.53. The molecule has 1 heterocycles. The number of hydrogen-bond donors (Lipinski definition) is 3. The minimum Gasteiger partial charge on any atom is -0.397 e. The van der Waals surface area contributed by atoms with E-state index in [0.717, 1.165) is 13.1 Å². The van der Waals surface area contributed by atoms with Crippen molar-refractivity contribution >= 4 is 11.6 Å². The minimum absolute atomic E-state index is 0.137. The Kier molecular flexibility index (Phi) is 5.51. The van der Waals surface area contributed by atoms with Gasteiger partial charge in [-0.05, 0) is 13.1 Å². The molecule has 0 spiro atoms. The summed E-state index contributed by atoms with van der Waals surface area (Å²) >= 11 is 0. The zero-order valence-corrected chi connectivity index (χ0v) is 10.3. The summed E-state index contributed by atoms with van der Waals surface area (Å²) in [5.41, 5.74) is 6.57. The van der Waals surface area contributed by atoms with E-state index in [2.05, 4.69) is 15.2 Å². The van der Waals surface area contributed by atoms with Crippen LogP contribution in [-0.2, 0) is 4.74 Å². The number of hydrogen-bond acceptors (Lipinski definition) is 4. The lowest BCUT2D eigenvalue weighted by Gasteiger charge is -2.15. The first-order chi connectivity index (χ1) is 8.13. The molecule has 1 amide bonds. The van der Waals surface area contributed by atoms with Crippen molar-refractivity contribution in [2.75, 3.05) is 46.1 Å². The molecule has 0 radical (unpaired) electrons. The van der Waals surface area contributed by atoms with Crippen molar-refractivity contribution in [3.05, 3.63) is 18.0 Å². The van der Waals surface area contributed by atoms with E-state index in [4.69, 9.17) is 10.5 Å². The highest BCUT2D eigenvalue weighted by Gasteiger charge is 2.07. The zero-order chi connectivity index (χ0) is 12.7. The van der Waals surface area contributed by atoms with Gasteiger partial charge in [0.25, 0.3) is 5.91 Å². The normalized spacial score (nSPS) is 10.8. The molecule has 0 saturated carbocycles. The fraction of sp³-hybridized carbons (Fsp3) is 0.545. The Bertz CT molecular complexity index is 351. The summed E-state index contributed by atoms with van der Waals surface area (Å²) < 4.78 is 4.96. The van der Waals surface area contributed by atoms with Crippen LogP contribution in [0.2, 0.25) is 0 Å². The van der Waals surface area contributed by atoms with Gasteiger partial charge < -0.3 is 25.7 Å². The van der Waals surface area contributed by atoms with Gasteiger partial charge in [0.15, 0.2) is 0 Å². The van der Waals surface area contributed by atoms with Crippen molar-refractivity contribution in [1.82, 2.24) is 15.2 Å². The summed E-state index contributed by atoms with van der Waals surface area (Å²) in [7, 11) is 3.66. The lowest BCUT2D eigenvalue weighted by Crippen LogP contribution is -2.34. The number of aromatic nitrogens is 1. The molecule has 1 rings (SSSR count). The number of nitrogens with one attached hydrogen (secondary N) is 2. The number of anilines is 1. The Morgan fingerprint density at radius 2 is 2.35 bits per heavy atom. The molecule has 4 N–H and O–H groups in total. The van der Waals surface area contributed by atoms with E-state index in [1.54, 1.807) is 19.4 Å². The molecule has 0 aromatic carbocycles. The van der Waals surface area contributed by atoms with Gasteiger partial charge in [-0.25, -0.2) is 0 Å². The van der Waals surface area contributed by atoms with Crippen LogP contribution in [-0.4, -0.2) is 56.2 Å². The highest BCUT2D eigenvalue weighted by atomic mass is 16.5. The summed E-state index contributed by atoms with van der Waals surface area (Å²) in [4.78, 5) is 16.5. The second-order valence-electron chi connectivity index (χ2n) is 3.90. The van der Waals surface area contributed by atoms with Gasteiger partial charge in [0.05, 0.1) is 6.61 Å². The first-order valence-electron chi connectivity index (χ1n) is 5.53. The van der Waals surface area contributed by atoms with Crippen LogP contribution in [0.25, 0.3) is 0 Å². The summed E-state index contributed by atoms with van der Waals surface area (Å²) in [6.07, 6.45) is 1.60. The number of nitrogen functional groups attached to an aromatic ring is 1. The van der Waals surface area contributed by atoms with Crippen molar-refractivity contribution in [1.29, 1.82) is 0 Å². The first kappa shape index (κ1) is 13.5. The predicted molar refractivity (Wildman–Crippen MR) is 66.9 cm³/mol. The number of aromatic amines is 1. The quantitative estimate of drug-likeness (QED) is 0.621. The summed E-state index contributed by atoms with van der Waals surface area (Å²) in [6.45, 7) is 2.92. The summed E-state index contributed by atoms with van der Waals surface area (Å²) in [6, 6.07) is 1.62. The van der Waals surface area contributed by atoms with Gasteiger partial charge in [-0.3, -0.25) is 4.79 Å². The molecular formula is C11H20N4O2. The van der Waals surface area contributed by atoms with E-state index in [1.807, 2.05) is 7.05 Å². The Hall–Kier alpha value is -1.53. The van der Waals surface area contributed by atoms with Gasteiger partial charge in [0.1, 0.15) is 5.69 Å². The molecule has 0 aliphatic carbocycles. The number of carbonyl (C=O) groups excluding carboxylic acids is 1. The number of nitrogens with two attached hydrogens (primary N) is 1. The summed E-state index contributed by atoms with van der Waals surface area (Å²) in [5.74, 6) is -0.137. The number of rotatable bonds is 7. The van der Waals surface area contributed by atoms with Crippen molar-refractivity contribution in [3.8, 4) is 0 Å². The topological polar surface area (TPSA) is 83.4 Å². The minimum atomic E-state index is -0.137. The SMILES string of the molecule is COCCN(C)CCNC(=O)c1cc(N)c[nH]1. The molecular weight excluding hydrogens is 220 g/mol. The Morgan fingerprint density at radius 3 is 2.94 bits per heavy atom. The number of nitrogens with zero attached hydrogens (tertiary/aromatic N) is 1. The highest BCUT2D eigenvalue weighted by molar-refractivity contribution is 5.93. The smallest absolute Gasteiger partial charge is 0.267 e. The molecule has 0 aliphatic rings. The Balaban J connectivity index is 2.20. The molecule has 6 heteroatoms. The van der Waals surface area contributed by atoms with Crippen LogP contribution in [0.5, 0.6) is 0 Å². The summed E-state index contributed by atoms with van der Waals surface area (Å²) in [5, 5.41) is 2.81. The van der Waals surface area contributed by atoms with E-state index in [9.17, 15) is 4.79 Å². The third-order valence-corrected chi connectivity index (χ3v) is 2.41. The second kappa shape index (κ2) is 6.93. The van der Waals surface area contributed by atoms with Gasteiger partial charge in [0, 0.05) is 38.6 Å². The van der Waals surface area contributed by atoms with Crippen LogP contribution in [0, 0.1) is 0 Å². The molecule has 17 heavy (non-hydrogen) atoms. The Morgan fingerprint density at radius 1 is 1.59 bits per heavy atom. The molecule has 0 saturated heterocycles. The highest BCUT2D eigenvalue weighted by Crippen LogP contribution is 2.03.